The molecule has 5 heteroatoms. The highest BCUT2D eigenvalue weighted by Gasteiger charge is 2.16. The van der Waals surface area contributed by atoms with E-state index in [1.54, 1.807) is 6.07 Å². The standard InChI is InChI=1S/C21H30N2O3/c1-14(2)9-8-10-15(3)22-21(24)18-11-6-7-12-20(18)25-13-19-16(4)23-26-17(19)5/h6-7,11-12,14-15H,8-10,13H2,1-5H3,(H,22,24)/t15-/m0/s1. The van der Waals surface area contributed by atoms with Crippen molar-refractivity contribution in [3.63, 3.8) is 0 Å². The van der Waals surface area contributed by atoms with Gasteiger partial charge in [0.2, 0.25) is 0 Å². The van der Waals surface area contributed by atoms with E-state index in [0.29, 0.717) is 23.8 Å². The number of para-hydroxylation sites is 1. The zero-order chi connectivity index (χ0) is 19.1. The first-order valence-corrected chi connectivity index (χ1v) is 9.33. The van der Waals surface area contributed by atoms with Crippen LogP contribution in [0.3, 0.4) is 0 Å². The fraction of sp³-hybridized carbons (Fsp3) is 0.524. The van der Waals surface area contributed by atoms with Gasteiger partial charge in [-0.1, -0.05) is 44.0 Å². The number of benzene rings is 1. The lowest BCUT2D eigenvalue weighted by Gasteiger charge is -2.16. The smallest absolute Gasteiger partial charge is 0.255 e. The highest BCUT2D eigenvalue weighted by molar-refractivity contribution is 5.97. The second-order valence-electron chi connectivity index (χ2n) is 7.29. The van der Waals surface area contributed by atoms with Gasteiger partial charge in [-0.15, -0.1) is 0 Å². The molecule has 1 aromatic heterocycles. The van der Waals surface area contributed by atoms with Crippen LogP contribution in [0.2, 0.25) is 0 Å². The fourth-order valence-electron chi connectivity index (χ4n) is 2.84. The average molecular weight is 358 g/mol. The van der Waals surface area contributed by atoms with Crippen molar-refractivity contribution in [1.82, 2.24) is 10.5 Å². The van der Waals surface area contributed by atoms with Crippen LogP contribution in [0.15, 0.2) is 28.8 Å². The number of rotatable bonds is 9. The zero-order valence-electron chi connectivity index (χ0n) is 16.5. The Kier molecular flexibility index (Phi) is 7.25. The van der Waals surface area contributed by atoms with Crippen molar-refractivity contribution in [2.45, 2.75) is 66.5 Å². The Labute approximate surface area is 156 Å². The molecule has 0 fully saturated rings. The normalized spacial score (nSPS) is 12.2. The number of nitrogens with one attached hydrogen (secondary N) is 1. The number of hydrogen-bond acceptors (Lipinski definition) is 4. The van der Waals surface area contributed by atoms with E-state index in [4.69, 9.17) is 9.26 Å². The highest BCUT2D eigenvalue weighted by atomic mass is 16.5. The van der Waals surface area contributed by atoms with E-state index in [1.807, 2.05) is 39.0 Å². The molecule has 0 radical (unpaired) electrons. The summed E-state index contributed by atoms with van der Waals surface area (Å²) in [4.78, 5) is 12.6. The first kappa shape index (κ1) is 20.0. The maximum Gasteiger partial charge on any atom is 0.255 e. The van der Waals surface area contributed by atoms with Crippen LogP contribution in [0.1, 0.15) is 67.4 Å². The predicted molar refractivity (Wildman–Crippen MR) is 102 cm³/mol. The van der Waals surface area contributed by atoms with Gasteiger partial charge in [0.25, 0.3) is 5.91 Å². The number of amides is 1. The summed E-state index contributed by atoms with van der Waals surface area (Å²) >= 11 is 0. The van der Waals surface area contributed by atoms with Crippen LogP contribution in [0.25, 0.3) is 0 Å². The topological polar surface area (TPSA) is 64.4 Å². The summed E-state index contributed by atoms with van der Waals surface area (Å²) in [6, 6.07) is 7.46. The van der Waals surface area contributed by atoms with Gasteiger partial charge < -0.3 is 14.6 Å². The van der Waals surface area contributed by atoms with Crippen LogP contribution in [0, 0.1) is 19.8 Å². The molecule has 0 spiro atoms. The monoisotopic (exact) mass is 358 g/mol. The molecule has 0 bridgehead atoms. The van der Waals surface area contributed by atoms with E-state index in [2.05, 4.69) is 24.3 Å². The van der Waals surface area contributed by atoms with Crippen LogP contribution < -0.4 is 10.1 Å². The Balaban J connectivity index is 1.98. The number of carbonyl (C=O) groups is 1. The van der Waals surface area contributed by atoms with Crippen LogP contribution in [0.4, 0.5) is 0 Å². The summed E-state index contributed by atoms with van der Waals surface area (Å²) in [5.41, 5.74) is 2.28. The number of aryl methyl sites for hydroxylation is 2. The fourth-order valence-corrected chi connectivity index (χ4v) is 2.84. The second kappa shape index (κ2) is 9.41. The summed E-state index contributed by atoms with van der Waals surface area (Å²) in [6.45, 7) is 10.6. The predicted octanol–water partition coefficient (Wildman–Crippen LogP) is 4.82. The number of nitrogens with zero attached hydrogens (tertiary/aromatic N) is 1. The van der Waals surface area contributed by atoms with Crippen LogP contribution in [-0.4, -0.2) is 17.1 Å². The van der Waals surface area contributed by atoms with Crippen LogP contribution in [-0.2, 0) is 6.61 Å². The summed E-state index contributed by atoms with van der Waals surface area (Å²) in [7, 11) is 0. The molecule has 0 saturated heterocycles. The summed E-state index contributed by atoms with van der Waals surface area (Å²) in [5.74, 6) is 1.90. The maximum atomic E-state index is 12.6. The molecule has 142 valence electrons. The van der Waals surface area contributed by atoms with Crippen molar-refractivity contribution in [3.8, 4) is 5.75 Å². The van der Waals surface area contributed by atoms with Gasteiger partial charge in [-0.05, 0) is 45.2 Å². The Morgan fingerprint density at radius 2 is 1.92 bits per heavy atom. The molecule has 26 heavy (non-hydrogen) atoms. The van der Waals surface area contributed by atoms with Gasteiger partial charge in [0.15, 0.2) is 0 Å². The number of aromatic nitrogens is 1. The highest BCUT2D eigenvalue weighted by Crippen LogP contribution is 2.22. The summed E-state index contributed by atoms with van der Waals surface area (Å²) < 4.78 is 11.1. The minimum atomic E-state index is -0.101. The third kappa shape index (κ3) is 5.61. The van der Waals surface area contributed by atoms with Gasteiger partial charge in [0, 0.05) is 6.04 Å². The maximum absolute atomic E-state index is 12.6. The summed E-state index contributed by atoms with van der Waals surface area (Å²) in [6.07, 6.45) is 3.27. The van der Waals surface area contributed by atoms with E-state index in [9.17, 15) is 4.79 Å². The van der Waals surface area contributed by atoms with Gasteiger partial charge in [0.1, 0.15) is 18.1 Å². The molecule has 0 aliphatic heterocycles. The lowest BCUT2D eigenvalue weighted by atomic mass is 10.0. The van der Waals surface area contributed by atoms with Crippen molar-refractivity contribution in [2.75, 3.05) is 0 Å². The minimum absolute atomic E-state index is 0.101. The van der Waals surface area contributed by atoms with Gasteiger partial charge >= 0.3 is 0 Å². The van der Waals surface area contributed by atoms with Gasteiger partial charge in [-0.3, -0.25) is 4.79 Å². The second-order valence-corrected chi connectivity index (χ2v) is 7.29. The third-order valence-electron chi connectivity index (χ3n) is 4.48. The molecular formula is C21H30N2O3. The quantitative estimate of drug-likeness (QED) is 0.698. The minimum Gasteiger partial charge on any atom is -0.488 e. The molecule has 2 aromatic rings. The molecule has 2 rings (SSSR count). The van der Waals surface area contributed by atoms with Crippen LogP contribution in [0.5, 0.6) is 5.75 Å². The largest absolute Gasteiger partial charge is 0.488 e. The van der Waals surface area contributed by atoms with E-state index < -0.39 is 0 Å². The lowest BCUT2D eigenvalue weighted by molar-refractivity contribution is 0.0933. The van der Waals surface area contributed by atoms with Gasteiger partial charge in [-0.2, -0.15) is 0 Å². The molecule has 0 unspecified atom stereocenters. The van der Waals surface area contributed by atoms with Crippen molar-refractivity contribution in [1.29, 1.82) is 0 Å². The molecule has 0 aliphatic carbocycles. The Morgan fingerprint density at radius 3 is 2.58 bits per heavy atom. The lowest BCUT2D eigenvalue weighted by Crippen LogP contribution is -2.32. The molecule has 1 aromatic carbocycles. The molecule has 0 saturated carbocycles. The van der Waals surface area contributed by atoms with Crippen molar-refractivity contribution in [2.24, 2.45) is 5.92 Å². The van der Waals surface area contributed by atoms with E-state index in [0.717, 1.165) is 29.9 Å². The van der Waals surface area contributed by atoms with Crippen molar-refractivity contribution >= 4 is 5.91 Å². The first-order chi connectivity index (χ1) is 12.4. The van der Waals surface area contributed by atoms with E-state index >= 15 is 0 Å². The Hall–Kier alpha value is -2.30. The van der Waals surface area contributed by atoms with Gasteiger partial charge in [0.05, 0.1) is 16.8 Å². The molecular weight excluding hydrogens is 328 g/mol. The molecule has 1 amide bonds. The number of carbonyl (C=O) groups excluding carboxylic acids is 1. The average Bonchev–Trinajstić information content (AvgIpc) is 2.91. The Morgan fingerprint density at radius 1 is 1.19 bits per heavy atom. The summed E-state index contributed by atoms with van der Waals surface area (Å²) in [5, 5.41) is 7.01. The van der Waals surface area contributed by atoms with Crippen molar-refractivity contribution < 1.29 is 14.1 Å². The molecule has 0 aliphatic rings. The molecule has 1 atom stereocenters. The first-order valence-electron chi connectivity index (χ1n) is 9.33. The van der Waals surface area contributed by atoms with Crippen LogP contribution >= 0.6 is 0 Å². The Bertz CT molecular complexity index is 702. The SMILES string of the molecule is Cc1noc(C)c1COc1ccccc1C(=O)N[C@@H](C)CCCC(C)C. The van der Waals surface area contributed by atoms with Crippen molar-refractivity contribution in [3.05, 3.63) is 46.8 Å². The zero-order valence-corrected chi connectivity index (χ0v) is 16.5. The van der Waals surface area contributed by atoms with Gasteiger partial charge in [-0.25, -0.2) is 0 Å². The molecule has 1 heterocycles. The molecule has 5 nitrogen and oxygen atoms in total. The molecule has 1 N–H and O–H groups in total. The number of ether oxygens (including phenoxy) is 1. The number of hydrogen-bond donors (Lipinski definition) is 1. The van der Waals surface area contributed by atoms with E-state index in [-0.39, 0.29) is 11.9 Å². The third-order valence-corrected chi connectivity index (χ3v) is 4.48. The van der Waals surface area contributed by atoms with E-state index in [1.165, 1.54) is 6.42 Å².